The molecule has 0 radical (unpaired) electrons. The van der Waals surface area contributed by atoms with Gasteiger partial charge >= 0.3 is 0 Å². The highest BCUT2D eigenvalue weighted by Crippen LogP contribution is 2.53. The molecule has 4 heterocycles. The summed E-state index contributed by atoms with van der Waals surface area (Å²) in [6.45, 7) is 0.970. The number of aliphatic hydroxyl groups excluding tert-OH is 7. The fraction of sp³-hybridized carbons (Fsp3) is 0.900. The molecular formula is C20H30O13. The Hall–Kier alpha value is -0.940. The minimum Gasteiger partial charge on any atom is -0.472 e. The fourth-order valence-electron chi connectivity index (χ4n) is 5.13. The summed E-state index contributed by atoms with van der Waals surface area (Å²) in [5.41, 5.74) is 0. The number of hydrogen-bond donors (Lipinski definition) is 7. The monoisotopic (exact) mass is 478 g/mol. The molecule has 5 aliphatic rings. The number of ether oxygens (including phenoxy) is 6. The average Bonchev–Trinajstić information content (AvgIpc) is 3.53. The third kappa shape index (κ3) is 3.99. The van der Waals surface area contributed by atoms with Gasteiger partial charge in [-0.2, -0.15) is 0 Å². The molecule has 4 aliphatic heterocycles. The number of aliphatic hydroxyl groups is 7. The predicted octanol–water partition coefficient (Wildman–Crippen LogP) is -4.10. The molecule has 0 aromatic heterocycles. The molecule has 16 atom stereocenters. The van der Waals surface area contributed by atoms with Gasteiger partial charge in [0.25, 0.3) is 0 Å². The summed E-state index contributed by atoms with van der Waals surface area (Å²) in [7, 11) is 0. The van der Waals surface area contributed by atoms with Crippen molar-refractivity contribution in [3.63, 3.8) is 0 Å². The van der Waals surface area contributed by atoms with Crippen LogP contribution < -0.4 is 0 Å². The normalized spacial score (nSPS) is 57.8. The number of rotatable bonds is 5. The van der Waals surface area contributed by atoms with Gasteiger partial charge in [0.05, 0.1) is 37.1 Å². The van der Waals surface area contributed by atoms with E-state index in [0.717, 1.165) is 0 Å². The van der Waals surface area contributed by atoms with Crippen LogP contribution in [0.25, 0.3) is 0 Å². The number of epoxide rings is 1. The molecule has 3 saturated heterocycles. The van der Waals surface area contributed by atoms with Gasteiger partial charge in [0.15, 0.2) is 12.6 Å². The molecule has 5 rings (SSSR count). The zero-order valence-electron chi connectivity index (χ0n) is 17.7. The summed E-state index contributed by atoms with van der Waals surface area (Å²) in [6, 6.07) is 0. The van der Waals surface area contributed by atoms with Crippen LogP contribution in [0.15, 0.2) is 12.3 Å². The van der Waals surface area contributed by atoms with Crippen LogP contribution in [-0.2, 0) is 28.4 Å². The minimum absolute atomic E-state index is 0.299. The Bertz CT molecular complexity index is 735. The quantitative estimate of drug-likeness (QED) is 0.188. The van der Waals surface area contributed by atoms with Crippen molar-refractivity contribution in [3.05, 3.63) is 12.3 Å². The summed E-state index contributed by atoms with van der Waals surface area (Å²) < 4.78 is 34.0. The molecule has 7 N–H and O–H groups in total. The molecule has 1 saturated carbocycles. The molecule has 1 aliphatic carbocycles. The van der Waals surface area contributed by atoms with Gasteiger partial charge in [0.2, 0.25) is 6.29 Å². The number of hydrogen-bond acceptors (Lipinski definition) is 13. The molecule has 13 nitrogen and oxygen atoms in total. The highest BCUT2D eigenvalue weighted by Gasteiger charge is 2.67. The van der Waals surface area contributed by atoms with E-state index in [1.165, 1.54) is 6.26 Å². The molecule has 4 fully saturated rings. The fourth-order valence-corrected chi connectivity index (χ4v) is 5.13. The third-order valence-corrected chi connectivity index (χ3v) is 7.13. The van der Waals surface area contributed by atoms with Crippen LogP contribution in [0.3, 0.4) is 0 Å². The van der Waals surface area contributed by atoms with Crippen molar-refractivity contribution >= 4 is 0 Å². The molecule has 13 heteroatoms. The Morgan fingerprint density at radius 2 is 1.39 bits per heavy atom. The van der Waals surface area contributed by atoms with E-state index >= 15 is 0 Å². The van der Waals surface area contributed by atoms with Crippen molar-refractivity contribution in [2.75, 3.05) is 6.61 Å². The Balaban J connectivity index is 1.27. The molecule has 0 amide bonds. The van der Waals surface area contributed by atoms with Gasteiger partial charge in [-0.3, -0.25) is 0 Å². The van der Waals surface area contributed by atoms with Gasteiger partial charge < -0.3 is 64.2 Å². The summed E-state index contributed by atoms with van der Waals surface area (Å²) in [6.07, 6.45) is -12.3. The van der Waals surface area contributed by atoms with E-state index in [1.54, 1.807) is 13.0 Å². The van der Waals surface area contributed by atoms with E-state index in [9.17, 15) is 35.7 Å². The van der Waals surface area contributed by atoms with Crippen LogP contribution >= 0.6 is 0 Å². The first kappa shape index (κ1) is 23.8. The number of fused-ring (bicyclic) bond motifs is 3. The Labute approximate surface area is 188 Å². The summed E-state index contributed by atoms with van der Waals surface area (Å²) in [4.78, 5) is 0. The van der Waals surface area contributed by atoms with Crippen molar-refractivity contribution in [1.82, 2.24) is 0 Å². The maximum absolute atomic E-state index is 10.3. The van der Waals surface area contributed by atoms with Gasteiger partial charge in [-0.25, -0.2) is 0 Å². The zero-order valence-corrected chi connectivity index (χ0v) is 17.7. The Morgan fingerprint density at radius 1 is 0.727 bits per heavy atom. The first-order valence-corrected chi connectivity index (χ1v) is 11.0. The van der Waals surface area contributed by atoms with E-state index in [2.05, 4.69) is 0 Å². The summed E-state index contributed by atoms with van der Waals surface area (Å²) in [5.74, 6) is -0.696. The van der Waals surface area contributed by atoms with Gasteiger partial charge in [-0.15, -0.1) is 0 Å². The van der Waals surface area contributed by atoms with Crippen molar-refractivity contribution in [3.8, 4) is 0 Å². The van der Waals surface area contributed by atoms with Crippen LogP contribution in [0.5, 0.6) is 0 Å². The lowest BCUT2D eigenvalue weighted by Crippen LogP contribution is -2.60. The molecule has 0 spiro atoms. The van der Waals surface area contributed by atoms with Gasteiger partial charge in [-0.05, 0) is 13.0 Å². The van der Waals surface area contributed by atoms with E-state index in [1.807, 2.05) is 0 Å². The molecule has 0 aromatic carbocycles. The van der Waals surface area contributed by atoms with Gasteiger partial charge in [0.1, 0.15) is 48.8 Å². The lowest BCUT2D eigenvalue weighted by atomic mass is 9.91. The van der Waals surface area contributed by atoms with E-state index < -0.39 is 86.3 Å². The van der Waals surface area contributed by atoms with Crippen LogP contribution in [0.4, 0.5) is 0 Å². The van der Waals surface area contributed by atoms with Crippen molar-refractivity contribution in [2.24, 2.45) is 11.8 Å². The minimum atomic E-state index is -1.59. The highest BCUT2D eigenvalue weighted by atomic mass is 16.8. The molecule has 0 unspecified atom stereocenters. The molecule has 188 valence electrons. The lowest BCUT2D eigenvalue weighted by Gasteiger charge is -2.43. The first-order valence-electron chi connectivity index (χ1n) is 11.0. The van der Waals surface area contributed by atoms with Crippen LogP contribution in [0.2, 0.25) is 0 Å². The second-order valence-electron chi connectivity index (χ2n) is 9.17. The average molecular weight is 478 g/mol. The third-order valence-electron chi connectivity index (χ3n) is 7.13. The van der Waals surface area contributed by atoms with Crippen molar-refractivity contribution in [1.29, 1.82) is 0 Å². The molecule has 0 bridgehead atoms. The van der Waals surface area contributed by atoms with Crippen LogP contribution in [0, 0.1) is 11.8 Å². The van der Waals surface area contributed by atoms with Crippen LogP contribution in [-0.4, -0.2) is 128 Å². The summed E-state index contributed by atoms with van der Waals surface area (Å²) in [5, 5.41) is 69.9. The Morgan fingerprint density at radius 3 is 2.09 bits per heavy atom. The molecular weight excluding hydrogens is 448 g/mol. The SMILES string of the molecule is C[C@@H]1O[C@@H](O[C@H]2[C@@H]3C=CO[C@H](O[C@@H]4O[C@H](CO)[C@@H](O)[C@H](O)[C@H]4O)[C@@H]3[C@H]3O[C@@H]23)[C@H](O)[C@H](O)[C@H]1O. The molecule has 33 heavy (non-hydrogen) atoms. The largest absolute Gasteiger partial charge is 0.472 e. The lowest BCUT2D eigenvalue weighted by molar-refractivity contribution is -0.344. The smallest absolute Gasteiger partial charge is 0.207 e. The van der Waals surface area contributed by atoms with Crippen molar-refractivity contribution < 1.29 is 64.2 Å². The van der Waals surface area contributed by atoms with E-state index in [-0.39, 0.29) is 18.1 Å². The first-order chi connectivity index (χ1) is 15.7. The van der Waals surface area contributed by atoms with Crippen LogP contribution in [0.1, 0.15) is 6.92 Å². The van der Waals surface area contributed by atoms with Gasteiger partial charge in [0, 0.05) is 5.92 Å². The predicted molar refractivity (Wildman–Crippen MR) is 102 cm³/mol. The topological polar surface area (TPSA) is 200 Å². The highest BCUT2D eigenvalue weighted by molar-refractivity contribution is 5.17. The summed E-state index contributed by atoms with van der Waals surface area (Å²) >= 11 is 0. The van der Waals surface area contributed by atoms with Crippen molar-refractivity contribution in [2.45, 2.75) is 92.9 Å². The zero-order chi connectivity index (χ0) is 23.6. The second-order valence-corrected chi connectivity index (χ2v) is 9.17. The second kappa shape index (κ2) is 8.93. The maximum atomic E-state index is 10.3. The van der Waals surface area contributed by atoms with E-state index in [4.69, 9.17) is 28.4 Å². The van der Waals surface area contributed by atoms with Gasteiger partial charge in [-0.1, -0.05) is 0 Å². The molecule has 0 aromatic rings. The maximum Gasteiger partial charge on any atom is 0.207 e. The Kier molecular flexibility index (Phi) is 6.44. The standard InChI is InChI=1S/C20H30O13/c1-5-9(22)11(24)13(26)19(29-5)32-15-6-2-3-28-18(8(6)16-17(15)31-16)33-20-14(27)12(25)10(23)7(4-21)30-20/h2-3,5-27H,4H2,1H3/t5-,6+,7+,8-,9-,10+,11+,12-,13+,14+,15-,16+,17-,18+,19-,20-/m0/s1. The van der Waals surface area contributed by atoms with E-state index in [0.29, 0.717) is 0 Å².